The average Bonchev–Trinajstić information content (AvgIpc) is 3.42. The van der Waals surface area contributed by atoms with E-state index in [1.165, 1.54) is 59.7 Å². The first-order chi connectivity index (χ1) is 13.6. The van der Waals surface area contributed by atoms with Gasteiger partial charge >= 0.3 is 0 Å². The van der Waals surface area contributed by atoms with Crippen molar-refractivity contribution >= 4 is 6.20 Å². The summed E-state index contributed by atoms with van der Waals surface area (Å²) in [6, 6.07) is 19.8. The van der Waals surface area contributed by atoms with Crippen LogP contribution in [-0.4, -0.2) is 4.57 Å². The number of para-hydroxylation sites is 1. The highest BCUT2D eigenvalue weighted by Crippen LogP contribution is 2.42. The molecule has 2 heteroatoms. The van der Waals surface area contributed by atoms with Gasteiger partial charge in [0.15, 0.2) is 11.4 Å². The number of fused-ring (bicyclic) bond motifs is 1. The third-order valence-corrected chi connectivity index (χ3v) is 6.89. The van der Waals surface area contributed by atoms with Gasteiger partial charge in [-0.25, -0.2) is 4.57 Å². The van der Waals surface area contributed by atoms with E-state index >= 15 is 0 Å². The summed E-state index contributed by atoms with van der Waals surface area (Å²) in [5, 5.41) is 0. The van der Waals surface area contributed by atoms with Crippen molar-refractivity contribution in [2.45, 2.75) is 57.8 Å². The number of allylic oxidation sites excluding steroid dienone is 1. The van der Waals surface area contributed by atoms with Crippen LogP contribution in [0.2, 0.25) is 0 Å². The van der Waals surface area contributed by atoms with Crippen molar-refractivity contribution in [3.05, 3.63) is 89.0 Å². The fourth-order valence-corrected chi connectivity index (χ4v) is 5.45. The van der Waals surface area contributed by atoms with Crippen LogP contribution in [0.4, 0.5) is 0 Å². The van der Waals surface area contributed by atoms with Gasteiger partial charge in [-0.2, -0.15) is 4.57 Å². The predicted octanol–water partition coefficient (Wildman–Crippen LogP) is 5.83. The maximum atomic E-state index is 2.56. The number of hydrogen-bond acceptors (Lipinski definition) is 0. The molecule has 0 spiro atoms. The highest BCUT2D eigenvalue weighted by atomic mass is 15.2. The van der Waals surface area contributed by atoms with Gasteiger partial charge in [-0.3, -0.25) is 0 Å². The largest absolute Gasteiger partial charge is 0.269 e. The van der Waals surface area contributed by atoms with Gasteiger partial charge in [-0.15, -0.1) is 0 Å². The van der Waals surface area contributed by atoms with E-state index in [2.05, 4.69) is 96.8 Å². The molecule has 2 heterocycles. The summed E-state index contributed by atoms with van der Waals surface area (Å²) in [5.41, 5.74) is 6.72. The van der Waals surface area contributed by atoms with Crippen molar-refractivity contribution in [1.82, 2.24) is 4.57 Å². The molecule has 0 bridgehead atoms. The normalized spacial score (nSPS) is 21.4. The first-order valence-electron chi connectivity index (χ1n) is 10.6. The van der Waals surface area contributed by atoms with Crippen LogP contribution in [0.3, 0.4) is 0 Å². The third kappa shape index (κ3) is 2.44. The van der Waals surface area contributed by atoms with Crippen LogP contribution in [-0.2, 0) is 5.41 Å². The number of rotatable bonds is 3. The van der Waals surface area contributed by atoms with Crippen LogP contribution in [0.5, 0.6) is 0 Å². The van der Waals surface area contributed by atoms with Gasteiger partial charge in [-0.1, -0.05) is 61.4 Å². The van der Waals surface area contributed by atoms with Crippen LogP contribution in [0.1, 0.15) is 66.9 Å². The molecule has 28 heavy (non-hydrogen) atoms. The summed E-state index contributed by atoms with van der Waals surface area (Å²) in [4.78, 5) is 0. The summed E-state index contributed by atoms with van der Waals surface area (Å²) < 4.78 is 5.08. The van der Waals surface area contributed by atoms with Crippen molar-refractivity contribution in [3.8, 4) is 5.69 Å². The topological polar surface area (TPSA) is 8.81 Å². The zero-order chi connectivity index (χ0) is 19.3. The Morgan fingerprint density at radius 3 is 2.32 bits per heavy atom. The SMILES string of the molecule is Cc1ccccc1-n1c(C)c2[n+](c1C1CCCC1)C=CC2(C)c1ccccc1. The Morgan fingerprint density at radius 2 is 1.61 bits per heavy atom. The standard InChI is InChI=1S/C26H29N2/c1-19-11-7-10-16-23(19)28-20(2)24-26(3,22-14-5-4-6-15-22)17-18-27(24)25(28)21-12-8-9-13-21/h4-7,10-11,14-18,21H,8-9,12-13H2,1-3H3/q+1. The van der Waals surface area contributed by atoms with E-state index < -0.39 is 0 Å². The minimum Gasteiger partial charge on any atom is -0.202 e. The smallest absolute Gasteiger partial charge is 0.202 e. The highest BCUT2D eigenvalue weighted by molar-refractivity contribution is 5.51. The van der Waals surface area contributed by atoms with Crippen LogP contribution >= 0.6 is 0 Å². The molecule has 5 rings (SSSR count). The minimum absolute atomic E-state index is 0.0906. The highest BCUT2D eigenvalue weighted by Gasteiger charge is 2.46. The fraction of sp³-hybridized carbons (Fsp3) is 0.346. The summed E-state index contributed by atoms with van der Waals surface area (Å²) in [6.07, 6.45) is 10.0. The molecular weight excluding hydrogens is 340 g/mol. The van der Waals surface area contributed by atoms with E-state index in [9.17, 15) is 0 Å². The number of benzene rings is 2. The first kappa shape index (κ1) is 17.5. The Morgan fingerprint density at radius 1 is 0.929 bits per heavy atom. The van der Waals surface area contributed by atoms with Crippen LogP contribution in [0, 0.1) is 13.8 Å². The number of hydrogen-bond donors (Lipinski definition) is 0. The molecule has 1 unspecified atom stereocenters. The molecule has 1 aromatic heterocycles. The zero-order valence-corrected chi connectivity index (χ0v) is 17.2. The molecule has 0 amide bonds. The second kappa shape index (κ2) is 6.48. The lowest BCUT2D eigenvalue weighted by molar-refractivity contribution is -0.584. The van der Waals surface area contributed by atoms with Gasteiger partial charge in [0, 0.05) is 6.92 Å². The Hall–Kier alpha value is -2.61. The average molecular weight is 370 g/mol. The second-order valence-electron chi connectivity index (χ2n) is 8.65. The number of imidazole rings is 1. The van der Waals surface area contributed by atoms with Gasteiger partial charge in [0.1, 0.15) is 5.69 Å². The molecule has 2 aliphatic rings. The van der Waals surface area contributed by atoms with Crippen LogP contribution in [0.25, 0.3) is 11.9 Å². The summed E-state index contributed by atoms with van der Waals surface area (Å²) >= 11 is 0. The van der Waals surface area contributed by atoms with Crippen molar-refractivity contribution in [1.29, 1.82) is 0 Å². The van der Waals surface area contributed by atoms with Crippen molar-refractivity contribution in [2.75, 3.05) is 0 Å². The van der Waals surface area contributed by atoms with E-state index in [-0.39, 0.29) is 5.41 Å². The molecule has 0 radical (unpaired) electrons. The number of aromatic nitrogens is 2. The van der Waals surface area contributed by atoms with E-state index in [1.807, 2.05) is 0 Å². The molecule has 0 saturated heterocycles. The fourth-order valence-electron chi connectivity index (χ4n) is 5.45. The maximum absolute atomic E-state index is 2.56. The lowest BCUT2D eigenvalue weighted by Crippen LogP contribution is -2.37. The number of aryl methyl sites for hydroxylation is 1. The van der Waals surface area contributed by atoms with Gasteiger partial charge in [0.25, 0.3) is 5.82 Å². The molecule has 1 aliphatic heterocycles. The first-order valence-corrected chi connectivity index (χ1v) is 10.6. The molecule has 2 aromatic carbocycles. The summed E-state index contributed by atoms with van der Waals surface area (Å²) in [5.74, 6) is 2.10. The maximum Gasteiger partial charge on any atom is 0.269 e. The Labute approximate surface area is 168 Å². The van der Waals surface area contributed by atoms with Gasteiger partial charge < -0.3 is 0 Å². The molecule has 1 atom stereocenters. The Kier molecular flexibility index (Phi) is 4.04. The van der Waals surface area contributed by atoms with E-state index in [4.69, 9.17) is 0 Å². The van der Waals surface area contributed by atoms with Crippen LogP contribution < -0.4 is 4.57 Å². The molecule has 3 aromatic rings. The Balaban J connectivity index is 1.79. The van der Waals surface area contributed by atoms with E-state index in [0.29, 0.717) is 5.92 Å². The molecule has 1 fully saturated rings. The molecule has 0 N–H and O–H groups in total. The van der Waals surface area contributed by atoms with Crippen molar-refractivity contribution < 1.29 is 4.57 Å². The van der Waals surface area contributed by atoms with Crippen molar-refractivity contribution in [3.63, 3.8) is 0 Å². The molecule has 2 nitrogen and oxygen atoms in total. The monoisotopic (exact) mass is 369 g/mol. The third-order valence-electron chi connectivity index (χ3n) is 6.89. The molecule has 142 valence electrons. The van der Waals surface area contributed by atoms with E-state index in [0.717, 1.165) is 0 Å². The van der Waals surface area contributed by atoms with Gasteiger partial charge in [0.2, 0.25) is 0 Å². The summed E-state index contributed by atoms with van der Waals surface area (Å²) in [7, 11) is 0. The Bertz CT molecular complexity index is 1050. The molecular formula is C26H29N2+. The summed E-state index contributed by atoms with van der Waals surface area (Å²) in [6.45, 7) is 6.91. The predicted molar refractivity (Wildman–Crippen MR) is 115 cm³/mol. The zero-order valence-electron chi connectivity index (χ0n) is 17.2. The molecule has 1 aliphatic carbocycles. The second-order valence-corrected chi connectivity index (χ2v) is 8.65. The minimum atomic E-state index is -0.0906. The van der Waals surface area contributed by atoms with Gasteiger partial charge in [-0.05, 0) is 50.0 Å². The lowest BCUT2D eigenvalue weighted by atomic mass is 9.80. The van der Waals surface area contributed by atoms with Crippen molar-refractivity contribution in [2.24, 2.45) is 0 Å². The van der Waals surface area contributed by atoms with Crippen LogP contribution in [0.15, 0.2) is 60.7 Å². The quantitative estimate of drug-likeness (QED) is 0.514. The van der Waals surface area contributed by atoms with Gasteiger partial charge in [0.05, 0.1) is 17.5 Å². The van der Waals surface area contributed by atoms with E-state index in [1.54, 1.807) is 0 Å². The number of nitrogens with zero attached hydrogens (tertiary/aromatic N) is 2. The molecule has 1 saturated carbocycles. The lowest BCUT2D eigenvalue weighted by Gasteiger charge is -2.20.